The van der Waals surface area contributed by atoms with Crippen LogP contribution in [-0.4, -0.2) is 29.4 Å². The highest BCUT2D eigenvalue weighted by Gasteiger charge is 2.34. The fourth-order valence-corrected chi connectivity index (χ4v) is 3.81. The van der Waals surface area contributed by atoms with Crippen LogP contribution in [0.1, 0.15) is 12.8 Å². The number of halogens is 1. The second-order valence-corrected chi connectivity index (χ2v) is 7.63. The van der Waals surface area contributed by atoms with Crippen molar-refractivity contribution in [1.82, 2.24) is 4.90 Å². The van der Waals surface area contributed by atoms with Crippen LogP contribution in [0.5, 0.6) is 0 Å². The molecule has 1 atom stereocenters. The first-order valence-electron chi connectivity index (χ1n) is 9.90. The van der Waals surface area contributed by atoms with Crippen LogP contribution in [-0.2, 0) is 4.79 Å². The molecular formula is C24H22ClN3O2. The van der Waals surface area contributed by atoms with Gasteiger partial charge in [0.2, 0.25) is 5.91 Å². The van der Waals surface area contributed by atoms with Crippen molar-refractivity contribution >= 4 is 34.9 Å². The SMILES string of the molecule is O=C(Nc1ccccc1-c1ccccc1)[C@H]1CCCN1C(=O)Nc1ccc(Cl)cc1. The second kappa shape index (κ2) is 9.01. The van der Waals surface area contributed by atoms with Gasteiger partial charge in [0, 0.05) is 28.5 Å². The van der Waals surface area contributed by atoms with E-state index in [1.54, 1.807) is 29.2 Å². The van der Waals surface area contributed by atoms with Crippen LogP contribution in [0, 0.1) is 0 Å². The van der Waals surface area contributed by atoms with E-state index in [0.717, 1.165) is 23.2 Å². The number of carbonyl (C=O) groups excluding carboxylic acids is 2. The molecule has 5 nitrogen and oxygen atoms in total. The molecule has 1 aliphatic rings. The summed E-state index contributed by atoms with van der Waals surface area (Å²) in [6.07, 6.45) is 1.42. The molecular weight excluding hydrogens is 398 g/mol. The van der Waals surface area contributed by atoms with Crippen molar-refractivity contribution in [2.75, 3.05) is 17.2 Å². The molecule has 0 spiro atoms. The molecule has 1 heterocycles. The molecule has 4 rings (SSSR count). The number of amides is 3. The number of anilines is 2. The maximum absolute atomic E-state index is 13.1. The Morgan fingerprint density at radius 2 is 1.57 bits per heavy atom. The summed E-state index contributed by atoms with van der Waals surface area (Å²) in [5.41, 5.74) is 3.35. The summed E-state index contributed by atoms with van der Waals surface area (Å²) in [4.78, 5) is 27.4. The Kier molecular flexibility index (Phi) is 6.00. The highest BCUT2D eigenvalue weighted by atomic mass is 35.5. The molecule has 1 fully saturated rings. The lowest BCUT2D eigenvalue weighted by molar-refractivity contribution is -0.119. The zero-order chi connectivity index (χ0) is 20.9. The van der Waals surface area contributed by atoms with Crippen LogP contribution in [0.25, 0.3) is 11.1 Å². The molecule has 0 saturated carbocycles. The van der Waals surface area contributed by atoms with E-state index in [4.69, 9.17) is 11.6 Å². The van der Waals surface area contributed by atoms with Crippen molar-refractivity contribution in [3.05, 3.63) is 83.9 Å². The number of hydrogen-bond acceptors (Lipinski definition) is 2. The Balaban J connectivity index is 1.48. The lowest BCUT2D eigenvalue weighted by Gasteiger charge is -2.24. The Labute approximate surface area is 180 Å². The first kappa shape index (κ1) is 20.0. The molecule has 1 saturated heterocycles. The second-order valence-electron chi connectivity index (χ2n) is 7.19. The third-order valence-electron chi connectivity index (χ3n) is 5.18. The number of likely N-dealkylation sites (tertiary alicyclic amines) is 1. The third kappa shape index (κ3) is 4.47. The van der Waals surface area contributed by atoms with Gasteiger partial charge in [0.05, 0.1) is 0 Å². The molecule has 0 aliphatic carbocycles. The molecule has 152 valence electrons. The van der Waals surface area contributed by atoms with E-state index in [1.165, 1.54) is 0 Å². The number of nitrogens with one attached hydrogen (secondary N) is 2. The number of benzene rings is 3. The van der Waals surface area contributed by atoms with Gasteiger partial charge in [-0.3, -0.25) is 4.79 Å². The molecule has 0 unspecified atom stereocenters. The van der Waals surface area contributed by atoms with Crippen molar-refractivity contribution in [3.8, 4) is 11.1 Å². The molecule has 1 aliphatic heterocycles. The molecule has 2 N–H and O–H groups in total. The number of para-hydroxylation sites is 1. The Hall–Kier alpha value is -3.31. The topological polar surface area (TPSA) is 61.4 Å². The quantitative estimate of drug-likeness (QED) is 0.574. The Bertz CT molecular complexity index is 1040. The maximum atomic E-state index is 13.1. The minimum Gasteiger partial charge on any atom is -0.324 e. The molecule has 3 aromatic carbocycles. The number of hydrogen-bond donors (Lipinski definition) is 2. The molecule has 3 amide bonds. The van der Waals surface area contributed by atoms with Gasteiger partial charge in [0.1, 0.15) is 6.04 Å². The summed E-state index contributed by atoms with van der Waals surface area (Å²) in [6, 6.07) is 23.7. The average molecular weight is 420 g/mol. The zero-order valence-electron chi connectivity index (χ0n) is 16.3. The summed E-state index contributed by atoms with van der Waals surface area (Å²) >= 11 is 5.90. The standard InChI is InChI=1S/C24H22ClN3O2/c25-18-12-14-19(15-13-18)26-24(30)28-16-6-11-22(28)23(29)27-21-10-5-4-9-20(21)17-7-2-1-3-8-17/h1-5,7-10,12-15,22H,6,11,16H2,(H,26,30)(H,27,29)/t22-/m1/s1. The monoisotopic (exact) mass is 419 g/mol. The predicted molar refractivity (Wildman–Crippen MR) is 121 cm³/mol. The molecule has 6 heteroatoms. The molecule has 0 aromatic heterocycles. The summed E-state index contributed by atoms with van der Waals surface area (Å²) < 4.78 is 0. The summed E-state index contributed by atoms with van der Waals surface area (Å²) in [5, 5.41) is 6.47. The highest BCUT2D eigenvalue weighted by Crippen LogP contribution is 2.29. The van der Waals surface area contributed by atoms with E-state index in [9.17, 15) is 9.59 Å². The first-order valence-corrected chi connectivity index (χ1v) is 10.3. The van der Waals surface area contributed by atoms with Crippen LogP contribution in [0.3, 0.4) is 0 Å². The van der Waals surface area contributed by atoms with Gasteiger partial charge in [0.25, 0.3) is 0 Å². The van der Waals surface area contributed by atoms with Crippen LogP contribution >= 0.6 is 11.6 Å². The van der Waals surface area contributed by atoms with E-state index in [-0.39, 0.29) is 11.9 Å². The van der Waals surface area contributed by atoms with Gasteiger partial charge >= 0.3 is 6.03 Å². The molecule has 30 heavy (non-hydrogen) atoms. The summed E-state index contributed by atoms with van der Waals surface area (Å²) in [6.45, 7) is 0.540. The van der Waals surface area contributed by atoms with Crippen molar-refractivity contribution in [3.63, 3.8) is 0 Å². The fourth-order valence-electron chi connectivity index (χ4n) is 3.69. The van der Waals surface area contributed by atoms with Crippen LogP contribution in [0.4, 0.5) is 16.2 Å². The molecule has 0 bridgehead atoms. The van der Waals surface area contributed by atoms with E-state index in [0.29, 0.717) is 23.7 Å². The largest absolute Gasteiger partial charge is 0.324 e. The number of nitrogens with zero attached hydrogens (tertiary/aromatic N) is 1. The van der Waals surface area contributed by atoms with Gasteiger partial charge in [-0.2, -0.15) is 0 Å². The minimum atomic E-state index is -0.513. The maximum Gasteiger partial charge on any atom is 0.322 e. The van der Waals surface area contributed by atoms with Crippen molar-refractivity contribution in [1.29, 1.82) is 0 Å². The van der Waals surface area contributed by atoms with E-state index < -0.39 is 6.04 Å². The van der Waals surface area contributed by atoms with E-state index in [2.05, 4.69) is 10.6 Å². The first-order chi connectivity index (χ1) is 14.6. The van der Waals surface area contributed by atoms with Crippen LogP contribution in [0.15, 0.2) is 78.9 Å². The Morgan fingerprint density at radius 1 is 0.867 bits per heavy atom. The normalized spacial score (nSPS) is 15.6. The smallest absolute Gasteiger partial charge is 0.322 e. The fraction of sp³-hybridized carbons (Fsp3) is 0.167. The van der Waals surface area contributed by atoms with Crippen LogP contribution < -0.4 is 10.6 Å². The van der Waals surface area contributed by atoms with Crippen molar-refractivity contribution in [2.45, 2.75) is 18.9 Å². The molecule has 0 radical (unpaired) electrons. The van der Waals surface area contributed by atoms with Gasteiger partial charge in [-0.1, -0.05) is 60.1 Å². The predicted octanol–water partition coefficient (Wildman–Crippen LogP) is 5.64. The van der Waals surface area contributed by atoms with Crippen LogP contribution in [0.2, 0.25) is 5.02 Å². The average Bonchev–Trinajstić information content (AvgIpc) is 3.27. The van der Waals surface area contributed by atoms with Gasteiger partial charge in [0.15, 0.2) is 0 Å². The summed E-state index contributed by atoms with van der Waals surface area (Å²) in [7, 11) is 0. The number of carbonyl (C=O) groups is 2. The lowest BCUT2D eigenvalue weighted by atomic mass is 10.0. The minimum absolute atomic E-state index is 0.179. The van der Waals surface area contributed by atoms with Crippen molar-refractivity contribution in [2.24, 2.45) is 0 Å². The van der Waals surface area contributed by atoms with E-state index >= 15 is 0 Å². The van der Waals surface area contributed by atoms with Gasteiger partial charge in [-0.15, -0.1) is 0 Å². The highest BCUT2D eigenvalue weighted by molar-refractivity contribution is 6.30. The third-order valence-corrected chi connectivity index (χ3v) is 5.43. The number of urea groups is 1. The number of rotatable bonds is 4. The van der Waals surface area contributed by atoms with Gasteiger partial charge in [-0.05, 0) is 48.7 Å². The van der Waals surface area contributed by atoms with Gasteiger partial charge < -0.3 is 15.5 Å². The van der Waals surface area contributed by atoms with Gasteiger partial charge in [-0.25, -0.2) is 4.79 Å². The zero-order valence-corrected chi connectivity index (χ0v) is 17.1. The lowest BCUT2D eigenvalue weighted by Crippen LogP contribution is -2.45. The molecule has 3 aromatic rings. The Morgan fingerprint density at radius 3 is 2.33 bits per heavy atom. The summed E-state index contributed by atoms with van der Waals surface area (Å²) in [5.74, 6) is -0.179. The van der Waals surface area contributed by atoms with E-state index in [1.807, 2.05) is 54.6 Å². The van der Waals surface area contributed by atoms with Crippen molar-refractivity contribution < 1.29 is 9.59 Å².